The Bertz CT molecular complexity index is 1080. The third-order valence-electron chi connectivity index (χ3n) is 7.14. The van der Waals surface area contributed by atoms with Gasteiger partial charge in [-0.25, -0.2) is 4.79 Å². The van der Waals surface area contributed by atoms with E-state index in [9.17, 15) is 4.79 Å². The van der Waals surface area contributed by atoms with Crippen LogP contribution in [0.15, 0.2) is 97.1 Å². The van der Waals surface area contributed by atoms with Crippen LogP contribution in [-0.2, 0) is 0 Å². The van der Waals surface area contributed by atoms with Gasteiger partial charge in [-0.05, 0) is 49.2 Å². The van der Waals surface area contributed by atoms with Crippen LogP contribution in [0.4, 0.5) is 10.5 Å². The number of carbonyl (C=O) groups is 1. The zero-order valence-electron chi connectivity index (χ0n) is 22.3. The second-order valence-electron chi connectivity index (χ2n) is 10.2. The zero-order valence-corrected chi connectivity index (χ0v) is 22.3. The standard InChI is InChI=1S/C32H40N4O/c1-26-14-16-30(17-15-26)33-32(37)36(25-27(2)24-35-22-20-34(3)21-23-35)19-18-31(28-10-6-4-7-11-28)29-12-8-5-9-13-29/h4-17,31H,2,18-25H2,1,3H3,(H,33,37). The monoisotopic (exact) mass is 496 g/mol. The highest BCUT2D eigenvalue weighted by Crippen LogP contribution is 2.28. The van der Waals surface area contributed by atoms with Crippen LogP contribution in [0.5, 0.6) is 0 Å². The van der Waals surface area contributed by atoms with Gasteiger partial charge in [0.25, 0.3) is 0 Å². The largest absolute Gasteiger partial charge is 0.322 e. The lowest BCUT2D eigenvalue weighted by Gasteiger charge is -2.34. The number of amides is 2. The highest BCUT2D eigenvalue weighted by molar-refractivity contribution is 5.89. The molecule has 0 aromatic heterocycles. The fourth-order valence-corrected chi connectivity index (χ4v) is 4.92. The molecule has 37 heavy (non-hydrogen) atoms. The molecule has 2 amide bonds. The third-order valence-corrected chi connectivity index (χ3v) is 7.14. The number of likely N-dealkylation sites (N-methyl/N-ethyl adjacent to an activating group) is 1. The van der Waals surface area contributed by atoms with Crippen molar-refractivity contribution in [1.82, 2.24) is 14.7 Å². The SMILES string of the molecule is C=C(CN1CCN(C)CC1)CN(CCC(c1ccccc1)c1ccccc1)C(=O)Nc1ccc(C)cc1. The predicted molar refractivity (Wildman–Crippen MR) is 154 cm³/mol. The van der Waals surface area contributed by atoms with E-state index in [1.54, 1.807) is 0 Å². The van der Waals surface area contributed by atoms with Crippen molar-refractivity contribution in [2.45, 2.75) is 19.3 Å². The summed E-state index contributed by atoms with van der Waals surface area (Å²) >= 11 is 0. The van der Waals surface area contributed by atoms with Crippen LogP contribution < -0.4 is 5.32 Å². The highest BCUT2D eigenvalue weighted by Gasteiger charge is 2.21. The maximum absolute atomic E-state index is 13.5. The predicted octanol–water partition coefficient (Wildman–Crippen LogP) is 5.85. The molecule has 4 rings (SSSR count). The minimum atomic E-state index is -0.0803. The van der Waals surface area contributed by atoms with Crippen molar-refractivity contribution in [3.63, 3.8) is 0 Å². The molecule has 3 aromatic rings. The summed E-state index contributed by atoms with van der Waals surface area (Å²) in [5.74, 6) is 0.211. The quantitative estimate of drug-likeness (QED) is 0.358. The number of rotatable bonds is 10. The zero-order chi connectivity index (χ0) is 26.0. The van der Waals surface area contributed by atoms with Gasteiger partial charge < -0.3 is 15.1 Å². The number of aryl methyl sites for hydroxylation is 1. The first kappa shape index (κ1) is 26.6. The highest BCUT2D eigenvalue weighted by atomic mass is 16.2. The summed E-state index contributed by atoms with van der Waals surface area (Å²) in [5.41, 5.74) is 5.59. The summed E-state index contributed by atoms with van der Waals surface area (Å²) in [4.78, 5) is 20.2. The van der Waals surface area contributed by atoms with Gasteiger partial charge in [0.05, 0.1) is 0 Å². The van der Waals surface area contributed by atoms with Gasteiger partial charge in [-0.1, -0.05) is 84.9 Å². The van der Waals surface area contributed by atoms with E-state index in [1.807, 2.05) is 36.1 Å². The maximum atomic E-state index is 13.5. The van der Waals surface area contributed by atoms with Crippen molar-refractivity contribution >= 4 is 11.7 Å². The van der Waals surface area contributed by atoms with Crippen molar-refractivity contribution in [3.05, 3.63) is 114 Å². The molecule has 1 fully saturated rings. The molecule has 1 saturated heterocycles. The molecule has 5 nitrogen and oxygen atoms in total. The van der Waals surface area contributed by atoms with Crippen molar-refractivity contribution in [2.75, 3.05) is 58.2 Å². The molecule has 0 unspecified atom stereocenters. The topological polar surface area (TPSA) is 38.8 Å². The fraction of sp³-hybridized carbons (Fsp3) is 0.344. The number of nitrogens with zero attached hydrogens (tertiary/aromatic N) is 3. The first-order valence-electron chi connectivity index (χ1n) is 13.3. The van der Waals surface area contributed by atoms with Gasteiger partial charge in [-0.2, -0.15) is 0 Å². The summed E-state index contributed by atoms with van der Waals surface area (Å²) in [6, 6.07) is 29.1. The molecule has 1 N–H and O–H groups in total. The van der Waals surface area contributed by atoms with Gasteiger partial charge in [-0.3, -0.25) is 4.90 Å². The first-order chi connectivity index (χ1) is 18.0. The van der Waals surface area contributed by atoms with E-state index in [4.69, 9.17) is 0 Å². The molecule has 0 bridgehead atoms. The van der Waals surface area contributed by atoms with Crippen molar-refractivity contribution < 1.29 is 4.79 Å². The van der Waals surface area contributed by atoms with E-state index < -0.39 is 0 Å². The Labute approximate surface area is 222 Å². The number of nitrogens with one attached hydrogen (secondary N) is 1. The minimum Gasteiger partial charge on any atom is -0.320 e. The van der Waals surface area contributed by atoms with Crippen LogP contribution >= 0.6 is 0 Å². The van der Waals surface area contributed by atoms with E-state index in [1.165, 1.54) is 16.7 Å². The van der Waals surface area contributed by atoms with Crippen LogP contribution in [0, 0.1) is 6.92 Å². The van der Waals surface area contributed by atoms with Crippen LogP contribution in [0.3, 0.4) is 0 Å². The number of carbonyl (C=O) groups excluding carboxylic acids is 1. The number of hydrogen-bond donors (Lipinski definition) is 1. The number of piperazine rings is 1. The van der Waals surface area contributed by atoms with Crippen molar-refractivity contribution in [3.8, 4) is 0 Å². The van der Waals surface area contributed by atoms with Crippen LogP contribution in [-0.4, -0.2) is 73.6 Å². The number of urea groups is 1. The average molecular weight is 497 g/mol. The summed E-state index contributed by atoms with van der Waals surface area (Å²) in [5, 5.41) is 3.11. The lowest BCUT2D eigenvalue weighted by Crippen LogP contribution is -2.46. The van der Waals surface area contributed by atoms with E-state index >= 15 is 0 Å². The molecule has 0 aliphatic carbocycles. The van der Waals surface area contributed by atoms with E-state index in [0.29, 0.717) is 13.1 Å². The molecule has 1 aliphatic heterocycles. The second-order valence-corrected chi connectivity index (χ2v) is 10.2. The van der Waals surface area contributed by atoms with Gasteiger partial charge in [0.2, 0.25) is 0 Å². The van der Waals surface area contributed by atoms with E-state index in [-0.39, 0.29) is 11.9 Å². The molecule has 0 spiro atoms. The third kappa shape index (κ3) is 8.04. The molecule has 3 aromatic carbocycles. The van der Waals surface area contributed by atoms with Crippen molar-refractivity contribution in [1.29, 1.82) is 0 Å². The lowest BCUT2D eigenvalue weighted by atomic mass is 9.88. The molecular formula is C32H40N4O. The molecule has 0 radical (unpaired) electrons. The van der Waals surface area contributed by atoms with Crippen LogP contribution in [0.1, 0.15) is 29.0 Å². The Hall–Kier alpha value is -3.41. The molecular weight excluding hydrogens is 456 g/mol. The number of benzene rings is 3. The Balaban J connectivity index is 1.48. The first-order valence-corrected chi connectivity index (χ1v) is 13.3. The molecule has 1 heterocycles. The Morgan fingerprint density at radius 1 is 0.892 bits per heavy atom. The van der Waals surface area contributed by atoms with Gasteiger partial charge in [0.1, 0.15) is 0 Å². The van der Waals surface area contributed by atoms with Gasteiger partial charge >= 0.3 is 6.03 Å². The molecule has 194 valence electrons. The number of anilines is 1. The Morgan fingerprint density at radius 2 is 1.46 bits per heavy atom. The average Bonchev–Trinajstić information content (AvgIpc) is 2.92. The van der Waals surface area contributed by atoms with Gasteiger partial charge in [0.15, 0.2) is 0 Å². The summed E-state index contributed by atoms with van der Waals surface area (Å²) < 4.78 is 0. The summed E-state index contributed by atoms with van der Waals surface area (Å²) in [7, 11) is 2.17. The second kappa shape index (κ2) is 13.2. The smallest absolute Gasteiger partial charge is 0.320 e. The molecule has 1 aliphatic rings. The summed E-state index contributed by atoms with van der Waals surface area (Å²) in [6.45, 7) is 12.6. The van der Waals surface area contributed by atoms with E-state index in [2.05, 4.69) is 89.4 Å². The molecule has 0 saturated carbocycles. The fourth-order valence-electron chi connectivity index (χ4n) is 4.92. The van der Waals surface area contributed by atoms with Gasteiger partial charge in [0, 0.05) is 57.4 Å². The molecule has 0 atom stereocenters. The maximum Gasteiger partial charge on any atom is 0.322 e. The lowest BCUT2D eigenvalue weighted by molar-refractivity contribution is 0.161. The van der Waals surface area contributed by atoms with Crippen molar-refractivity contribution in [2.24, 2.45) is 0 Å². The van der Waals surface area contributed by atoms with Crippen LogP contribution in [0.2, 0.25) is 0 Å². The van der Waals surface area contributed by atoms with Gasteiger partial charge in [-0.15, -0.1) is 0 Å². The van der Waals surface area contributed by atoms with Crippen LogP contribution in [0.25, 0.3) is 0 Å². The normalized spacial score (nSPS) is 14.5. The summed E-state index contributed by atoms with van der Waals surface area (Å²) in [6.07, 6.45) is 0.830. The Morgan fingerprint density at radius 3 is 2.03 bits per heavy atom. The number of hydrogen-bond acceptors (Lipinski definition) is 3. The van der Waals surface area contributed by atoms with E-state index in [0.717, 1.165) is 50.4 Å². The Kier molecular flexibility index (Phi) is 9.52. The molecule has 5 heteroatoms. The minimum absolute atomic E-state index is 0.0803.